The molecular weight excluding hydrogens is 211 g/mol. The summed E-state index contributed by atoms with van der Waals surface area (Å²) in [6.07, 6.45) is 2.25. The molecule has 0 saturated heterocycles. The van der Waals surface area contributed by atoms with Crippen LogP contribution in [-0.2, 0) is 31.5 Å². The van der Waals surface area contributed by atoms with E-state index in [-0.39, 0.29) is 0 Å². The van der Waals surface area contributed by atoms with E-state index in [2.05, 4.69) is 6.92 Å². The Hall–Kier alpha value is 0.763. The molecule has 0 aliphatic heterocycles. The summed E-state index contributed by atoms with van der Waals surface area (Å²) in [6.45, 7) is 2.92. The SMILES string of the molecule is CCCC[O][Zr]([O]C)[O]C. The van der Waals surface area contributed by atoms with Crippen LogP contribution in [-0.4, -0.2) is 20.8 Å². The quantitative estimate of drug-likeness (QED) is 0.642. The van der Waals surface area contributed by atoms with Crippen molar-refractivity contribution in [3.63, 3.8) is 0 Å². The van der Waals surface area contributed by atoms with Crippen LogP contribution >= 0.6 is 0 Å². The van der Waals surface area contributed by atoms with Gasteiger partial charge in [0.25, 0.3) is 0 Å². The zero-order valence-electron chi connectivity index (χ0n) is 6.85. The van der Waals surface area contributed by atoms with Crippen LogP contribution in [0.4, 0.5) is 0 Å². The molecule has 0 unspecified atom stereocenters. The predicted octanol–water partition coefficient (Wildman–Crippen LogP) is 1.46. The first-order valence-corrected chi connectivity index (χ1v) is 6.44. The van der Waals surface area contributed by atoms with E-state index in [1.807, 2.05) is 0 Å². The Labute approximate surface area is 72.2 Å². The topological polar surface area (TPSA) is 27.7 Å². The summed E-state index contributed by atoms with van der Waals surface area (Å²) < 4.78 is 15.3. The van der Waals surface area contributed by atoms with E-state index in [0.29, 0.717) is 0 Å². The Balaban J connectivity index is 3.09. The Morgan fingerprint density at radius 1 is 1.20 bits per heavy atom. The van der Waals surface area contributed by atoms with Gasteiger partial charge >= 0.3 is 72.1 Å². The van der Waals surface area contributed by atoms with Crippen LogP contribution in [0.2, 0.25) is 0 Å². The summed E-state index contributed by atoms with van der Waals surface area (Å²) in [6, 6.07) is 0. The molecule has 0 N–H and O–H groups in total. The second-order valence-electron chi connectivity index (χ2n) is 1.86. The number of hydrogen-bond acceptors (Lipinski definition) is 3. The van der Waals surface area contributed by atoms with Crippen molar-refractivity contribution < 1.29 is 31.5 Å². The average Bonchev–Trinajstić information content (AvgIpc) is 1.99. The number of rotatable bonds is 6. The summed E-state index contributed by atoms with van der Waals surface area (Å²) in [5.41, 5.74) is 0. The molecule has 4 heteroatoms. The van der Waals surface area contributed by atoms with Crippen LogP contribution in [0.5, 0.6) is 0 Å². The third kappa shape index (κ3) is 5.54. The van der Waals surface area contributed by atoms with Crippen LogP contribution in [0.25, 0.3) is 0 Å². The number of unbranched alkanes of at least 4 members (excludes halogenated alkanes) is 1. The molecule has 0 aromatic rings. The van der Waals surface area contributed by atoms with Gasteiger partial charge in [0, 0.05) is 0 Å². The molecule has 61 valence electrons. The minimum absolute atomic E-state index is 0.785. The van der Waals surface area contributed by atoms with Gasteiger partial charge in [-0.3, -0.25) is 0 Å². The van der Waals surface area contributed by atoms with Gasteiger partial charge in [-0.2, -0.15) is 0 Å². The average molecular weight is 226 g/mol. The Bertz CT molecular complexity index is 66.0. The van der Waals surface area contributed by atoms with Gasteiger partial charge < -0.3 is 0 Å². The molecule has 0 amide bonds. The van der Waals surface area contributed by atoms with Gasteiger partial charge in [0.15, 0.2) is 0 Å². The van der Waals surface area contributed by atoms with E-state index in [1.54, 1.807) is 14.2 Å². The van der Waals surface area contributed by atoms with Crippen LogP contribution in [0.3, 0.4) is 0 Å². The van der Waals surface area contributed by atoms with Crippen molar-refractivity contribution in [1.82, 2.24) is 0 Å². The monoisotopic (exact) mass is 225 g/mol. The molecule has 0 aromatic heterocycles. The van der Waals surface area contributed by atoms with Crippen molar-refractivity contribution in [2.75, 3.05) is 20.8 Å². The summed E-state index contributed by atoms with van der Waals surface area (Å²) in [7, 11) is 3.29. The van der Waals surface area contributed by atoms with Gasteiger partial charge in [-0.05, 0) is 0 Å². The van der Waals surface area contributed by atoms with Crippen molar-refractivity contribution >= 4 is 0 Å². The number of hydrogen-bond donors (Lipinski definition) is 0. The van der Waals surface area contributed by atoms with Gasteiger partial charge in [-0.1, -0.05) is 0 Å². The van der Waals surface area contributed by atoms with Crippen molar-refractivity contribution in [1.29, 1.82) is 0 Å². The Kier molecular flexibility index (Phi) is 8.47. The summed E-state index contributed by atoms with van der Waals surface area (Å²) in [4.78, 5) is 0. The molecule has 0 aliphatic carbocycles. The Morgan fingerprint density at radius 2 is 1.80 bits per heavy atom. The summed E-state index contributed by atoms with van der Waals surface area (Å²) >= 11 is -2.24. The van der Waals surface area contributed by atoms with Crippen molar-refractivity contribution in [2.24, 2.45) is 0 Å². The fraction of sp³-hybridized carbons (Fsp3) is 1.00. The van der Waals surface area contributed by atoms with E-state index >= 15 is 0 Å². The van der Waals surface area contributed by atoms with Crippen LogP contribution < -0.4 is 0 Å². The zero-order chi connectivity index (χ0) is 7.82. The normalized spacial score (nSPS) is 9.90. The molecule has 0 bridgehead atoms. The second kappa shape index (κ2) is 7.87. The van der Waals surface area contributed by atoms with E-state index in [1.165, 1.54) is 0 Å². The first-order valence-electron chi connectivity index (χ1n) is 3.42. The third-order valence-corrected chi connectivity index (χ3v) is 3.77. The van der Waals surface area contributed by atoms with E-state index in [4.69, 9.17) is 8.44 Å². The molecule has 0 heterocycles. The maximum absolute atomic E-state index is 5.33. The first kappa shape index (κ1) is 10.8. The molecule has 0 aliphatic rings. The predicted molar refractivity (Wildman–Crippen MR) is 34.9 cm³/mol. The van der Waals surface area contributed by atoms with Crippen molar-refractivity contribution in [3.05, 3.63) is 0 Å². The van der Waals surface area contributed by atoms with Crippen molar-refractivity contribution in [3.8, 4) is 0 Å². The van der Waals surface area contributed by atoms with Gasteiger partial charge in [0.1, 0.15) is 0 Å². The van der Waals surface area contributed by atoms with Crippen LogP contribution in [0, 0.1) is 0 Å². The second-order valence-corrected chi connectivity index (χ2v) is 5.81. The van der Waals surface area contributed by atoms with E-state index in [9.17, 15) is 0 Å². The molecule has 0 fully saturated rings. The molecule has 3 nitrogen and oxygen atoms in total. The van der Waals surface area contributed by atoms with Gasteiger partial charge in [0.05, 0.1) is 0 Å². The van der Waals surface area contributed by atoms with E-state index in [0.717, 1.165) is 19.4 Å². The van der Waals surface area contributed by atoms with E-state index < -0.39 is 23.1 Å². The van der Waals surface area contributed by atoms with Crippen LogP contribution in [0.1, 0.15) is 19.8 Å². The molecule has 0 rings (SSSR count). The van der Waals surface area contributed by atoms with Crippen LogP contribution in [0.15, 0.2) is 0 Å². The molecule has 0 spiro atoms. The fourth-order valence-electron chi connectivity index (χ4n) is 0.501. The standard InChI is InChI=1S/C4H9O.2CH3O.Zr/c1-2-3-4-5;2*1-2;/h2-4H2,1H3;2*1H3;/q3*-1;+3. The first-order chi connectivity index (χ1) is 4.85. The van der Waals surface area contributed by atoms with Gasteiger partial charge in [-0.25, -0.2) is 0 Å². The molecule has 0 radical (unpaired) electrons. The third-order valence-electron chi connectivity index (χ3n) is 1.05. The van der Waals surface area contributed by atoms with Crippen molar-refractivity contribution in [2.45, 2.75) is 19.8 Å². The van der Waals surface area contributed by atoms with Gasteiger partial charge in [0.2, 0.25) is 0 Å². The van der Waals surface area contributed by atoms with Gasteiger partial charge in [-0.15, -0.1) is 0 Å². The molecule has 0 atom stereocenters. The molecule has 0 saturated carbocycles. The molecule has 0 aromatic carbocycles. The minimum atomic E-state index is -2.24. The molecular formula is C6H15O3Zr. The summed E-state index contributed by atoms with van der Waals surface area (Å²) in [5, 5.41) is 0. The molecule has 10 heavy (non-hydrogen) atoms. The summed E-state index contributed by atoms with van der Waals surface area (Å²) in [5.74, 6) is 0. The Morgan fingerprint density at radius 3 is 2.20 bits per heavy atom. The zero-order valence-corrected chi connectivity index (χ0v) is 9.30. The fourth-order valence-corrected chi connectivity index (χ4v) is 2.25. The maximum atomic E-state index is 5.33.